The number of thiophene rings is 1. The first-order valence-corrected chi connectivity index (χ1v) is 6.13. The molecular weight excluding hydrogens is 280 g/mol. The Morgan fingerprint density at radius 2 is 2.20 bits per heavy atom. The third-order valence-electron chi connectivity index (χ3n) is 2.10. The van der Waals surface area contributed by atoms with Crippen molar-refractivity contribution in [3.8, 4) is 0 Å². The van der Waals surface area contributed by atoms with Crippen LogP contribution in [-0.4, -0.2) is 26.6 Å². The average Bonchev–Trinajstić information content (AvgIpc) is 2.64. The number of halogens is 1. The smallest absolute Gasteiger partial charge is 0.173 e. The quantitative estimate of drug-likeness (QED) is 0.474. The van der Waals surface area contributed by atoms with Crippen molar-refractivity contribution < 1.29 is 9.47 Å². The lowest BCUT2D eigenvalue weighted by atomic mass is 10.2. The highest BCUT2D eigenvalue weighted by atomic mass is 79.9. The van der Waals surface area contributed by atoms with Crippen LogP contribution < -0.4 is 11.3 Å². The largest absolute Gasteiger partial charge is 0.354 e. The lowest BCUT2D eigenvalue weighted by Gasteiger charge is -2.23. The molecule has 15 heavy (non-hydrogen) atoms. The summed E-state index contributed by atoms with van der Waals surface area (Å²) >= 11 is 5.16. The highest BCUT2D eigenvalue weighted by Crippen LogP contribution is 2.24. The standard InChI is InChI=1S/C9H15BrN2O2S/c1-13-9(14-2)7(12-11)5-8-6(10)3-4-15-8/h3-4,7,9,12H,5,11H2,1-2H3. The van der Waals surface area contributed by atoms with Crippen LogP contribution >= 0.6 is 27.3 Å². The minimum atomic E-state index is -0.344. The molecule has 6 heteroatoms. The van der Waals surface area contributed by atoms with Gasteiger partial charge in [0.25, 0.3) is 0 Å². The Balaban J connectivity index is 2.64. The molecule has 1 heterocycles. The maximum atomic E-state index is 5.47. The van der Waals surface area contributed by atoms with Crippen LogP contribution in [0.4, 0.5) is 0 Å². The fourth-order valence-corrected chi connectivity index (χ4v) is 2.90. The van der Waals surface area contributed by atoms with E-state index in [-0.39, 0.29) is 12.3 Å². The fraction of sp³-hybridized carbons (Fsp3) is 0.556. The predicted octanol–water partition coefficient (Wildman–Crippen LogP) is 1.50. The highest BCUT2D eigenvalue weighted by molar-refractivity contribution is 9.10. The van der Waals surface area contributed by atoms with E-state index in [1.54, 1.807) is 25.6 Å². The van der Waals surface area contributed by atoms with Crippen LogP contribution in [0, 0.1) is 0 Å². The summed E-state index contributed by atoms with van der Waals surface area (Å²) in [6, 6.07) is 1.96. The maximum absolute atomic E-state index is 5.47. The topological polar surface area (TPSA) is 56.5 Å². The molecule has 0 saturated carbocycles. The second kappa shape index (κ2) is 6.57. The summed E-state index contributed by atoms with van der Waals surface area (Å²) in [5, 5.41) is 2.03. The number of rotatable bonds is 6. The van der Waals surface area contributed by atoms with Crippen molar-refractivity contribution in [2.75, 3.05) is 14.2 Å². The van der Waals surface area contributed by atoms with Crippen LogP contribution in [0.1, 0.15) is 4.88 Å². The first-order valence-electron chi connectivity index (χ1n) is 4.46. The van der Waals surface area contributed by atoms with Crippen molar-refractivity contribution in [3.63, 3.8) is 0 Å². The van der Waals surface area contributed by atoms with Gasteiger partial charge in [0.05, 0.1) is 6.04 Å². The zero-order valence-corrected chi connectivity index (χ0v) is 11.1. The summed E-state index contributed by atoms with van der Waals surface area (Å²) < 4.78 is 11.4. The molecule has 1 atom stereocenters. The van der Waals surface area contributed by atoms with Gasteiger partial charge in [-0.25, -0.2) is 0 Å². The monoisotopic (exact) mass is 294 g/mol. The van der Waals surface area contributed by atoms with E-state index in [2.05, 4.69) is 21.4 Å². The number of hydrazine groups is 1. The van der Waals surface area contributed by atoms with Gasteiger partial charge >= 0.3 is 0 Å². The van der Waals surface area contributed by atoms with Gasteiger partial charge in [0.15, 0.2) is 6.29 Å². The van der Waals surface area contributed by atoms with Crippen LogP contribution in [0.25, 0.3) is 0 Å². The number of nitrogens with two attached hydrogens (primary N) is 1. The molecule has 0 radical (unpaired) electrons. The number of nitrogens with one attached hydrogen (secondary N) is 1. The molecule has 1 aromatic heterocycles. The molecular formula is C9H15BrN2O2S. The molecule has 0 saturated heterocycles. The Hall–Kier alpha value is 0.0200. The molecule has 1 unspecified atom stereocenters. The van der Waals surface area contributed by atoms with E-state index in [4.69, 9.17) is 15.3 Å². The molecule has 0 aliphatic rings. The van der Waals surface area contributed by atoms with Crippen molar-refractivity contribution >= 4 is 27.3 Å². The number of ether oxygens (including phenoxy) is 2. The van der Waals surface area contributed by atoms with E-state index in [9.17, 15) is 0 Å². The molecule has 0 amide bonds. The summed E-state index contributed by atoms with van der Waals surface area (Å²) in [6.45, 7) is 0. The van der Waals surface area contributed by atoms with Gasteiger partial charge in [0.1, 0.15) is 0 Å². The molecule has 4 nitrogen and oxygen atoms in total. The number of methoxy groups -OCH3 is 2. The molecule has 1 aromatic rings. The van der Waals surface area contributed by atoms with Crippen LogP contribution in [0.5, 0.6) is 0 Å². The van der Waals surface area contributed by atoms with E-state index < -0.39 is 0 Å². The average molecular weight is 295 g/mol. The summed E-state index contributed by atoms with van der Waals surface area (Å²) in [5.41, 5.74) is 2.71. The Morgan fingerprint density at radius 1 is 1.53 bits per heavy atom. The number of hydrogen-bond acceptors (Lipinski definition) is 5. The molecule has 0 fully saturated rings. The Kier molecular flexibility index (Phi) is 5.73. The van der Waals surface area contributed by atoms with E-state index in [1.165, 1.54) is 4.88 Å². The third-order valence-corrected chi connectivity index (χ3v) is 4.05. The predicted molar refractivity (Wildman–Crippen MR) is 64.6 cm³/mol. The van der Waals surface area contributed by atoms with Crippen molar-refractivity contribution in [3.05, 3.63) is 20.8 Å². The van der Waals surface area contributed by atoms with E-state index >= 15 is 0 Å². The first-order chi connectivity index (χ1) is 7.22. The normalized spacial score (nSPS) is 13.4. The van der Waals surface area contributed by atoms with Gasteiger partial charge in [-0.15, -0.1) is 11.3 Å². The van der Waals surface area contributed by atoms with Gasteiger partial charge in [-0.05, 0) is 27.4 Å². The van der Waals surface area contributed by atoms with Gasteiger partial charge in [-0.3, -0.25) is 11.3 Å². The third kappa shape index (κ3) is 3.51. The Morgan fingerprint density at radius 3 is 2.60 bits per heavy atom. The summed E-state index contributed by atoms with van der Waals surface area (Å²) in [5.74, 6) is 5.47. The highest BCUT2D eigenvalue weighted by Gasteiger charge is 2.21. The second-order valence-electron chi connectivity index (χ2n) is 3.01. The Bertz CT molecular complexity index is 291. The number of hydrogen-bond donors (Lipinski definition) is 2. The van der Waals surface area contributed by atoms with Crippen molar-refractivity contribution in [1.82, 2.24) is 5.43 Å². The van der Waals surface area contributed by atoms with Crippen LogP contribution in [-0.2, 0) is 15.9 Å². The van der Waals surface area contributed by atoms with Gasteiger partial charge in [0.2, 0.25) is 0 Å². The van der Waals surface area contributed by atoms with Crippen molar-refractivity contribution in [2.24, 2.45) is 5.84 Å². The summed E-state index contributed by atoms with van der Waals surface area (Å²) in [4.78, 5) is 1.22. The Labute approximate surface area is 102 Å². The van der Waals surface area contributed by atoms with E-state index in [1.807, 2.05) is 11.4 Å². The fourth-order valence-electron chi connectivity index (χ4n) is 1.33. The van der Waals surface area contributed by atoms with E-state index in [0.717, 1.165) is 10.9 Å². The van der Waals surface area contributed by atoms with Crippen molar-refractivity contribution in [1.29, 1.82) is 0 Å². The molecule has 0 bridgehead atoms. The minimum absolute atomic E-state index is 0.0602. The van der Waals surface area contributed by atoms with Crippen LogP contribution in [0.2, 0.25) is 0 Å². The van der Waals surface area contributed by atoms with Crippen LogP contribution in [0.15, 0.2) is 15.9 Å². The van der Waals surface area contributed by atoms with E-state index in [0.29, 0.717) is 0 Å². The molecule has 1 rings (SSSR count). The summed E-state index contributed by atoms with van der Waals surface area (Å²) in [7, 11) is 3.20. The molecule has 0 aromatic carbocycles. The lowest BCUT2D eigenvalue weighted by Crippen LogP contribution is -2.47. The molecule has 0 aliphatic heterocycles. The molecule has 86 valence electrons. The van der Waals surface area contributed by atoms with Crippen molar-refractivity contribution in [2.45, 2.75) is 18.8 Å². The summed E-state index contributed by atoms with van der Waals surface area (Å²) in [6.07, 6.45) is 0.421. The zero-order chi connectivity index (χ0) is 11.3. The lowest BCUT2D eigenvalue weighted by molar-refractivity contribution is -0.122. The SMILES string of the molecule is COC(OC)C(Cc1sccc1Br)NN. The van der Waals surface area contributed by atoms with Crippen LogP contribution in [0.3, 0.4) is 0 Å². The first kappa shape index (κ1) is 13.1. The minimum Gasteiger partial charge on any atom is -0.354 e. The molecule has 0 spiro atoms. The second-order valence-corrected chi connectivity index (χ2v) is 4.86. The van der Waals surface area contributed by atoms with Gasteiger partial charge in [0, 0.05) is 30.0 Å². The van der Waals surface area contributed by atoms with Gasteiger partial charge in [-0.2, -0.15) is 0 Å². The molecule has 0 aliphatic carbocycles. The molecule has 3 N–H and O–H groups in total. The van der Waals surface area contributed by atoms with Gasteiger partial charge in [-0.1, -0.05) is 0 Å². The zero-order valence-electron chi connectivity index (χ0n) is 8.70. The van der Waals surface area contributed by atoms with Gasteiger partial charge < -0.3 is 9.47 Å². The maximum Gasteiger partial charge on any atom is 0.173 e.